The fraction of sp³-hybridized carbons (Fsp3) is 0.939. The second-order valence-electron chi connectivity index (χ2n) is 14.5. The number of fused-ring (bicyclic) bond motifs is 5. The van der Waals surface area contributed by atoms with Crippen LogP contribution in [0.4, 0.5) is 0 Å². The molecule has 4 rings (SSSR count). The minimum Gasteiger partial charge on any atom is -0.393 e. The maximum atomic E-state index is 10.8. The maximum absolute atomic E-state index is 10.8. The Labute approximate surface area is 218 Å². The molecular formula is C33H59NO. The molecule has 202 valence electrons. The van der Waals surface area contributed by atoms with E-state index in [-0.39, 0.29) is 17.6 Å². The van der Waals surface area contributed by atoms with E-state index >= 15 is 0 Å². The third kappa shape index (κ3) is 5.19. The van der Waals surface area contributed by atoms with Crippen molar-refractivity contribution in [3.63, 3.8) is 0 Å². The number of hydrogen-bond acceptors (Lipinski definition) is 2. The van der Waals surface area contributed by atoms with Gasteiger partial charge in [-0.15, -0.1) is 0 Å². The lowest BCUT2D eigenvalue weighted by atomic mass is 9.44. The number of unbranched alkanes of at least 4 members (excludes halogenated alkanes) is 2. The van der Waals surface area contributed by atoms with Crippen LogP contribution in [0.3, 0.4) is 0 Å². The fourth-order valence-electron chi connectivity index (χ4n) is 10.3. The molecule has 35 heavy (non-hydrogen) atoms. The smallest absolute Gasteiger partial charge is 0.0581 e. The summed E-state index contributed by atoms with van der Waals surface area (Å²) in [6, 6.07) is 0.231. The SMILES string of the molecule is CCCCCC(N)C1C[C@H](O)CC2=CC[C@H]3[C@@H]4CC[C@H]([C@H](C)CCCC(C)C)[C@@]4(C)CC[C@@H]3[C@]21C. The molecule has 0 aromatic rings. The molecular weight excluding hydrogens is 426 g/mol. The normalized spacial score (nSPS) is 42.7. The molecule has 0 saturated heterocycles. The van der Waals surface area contributed by atoms with Crippen molar-refractivity contribution >= 4 is 0 Å². The van der Waals surface area contributed by atoms with Crippen LogP contribution in [-0.2, 0) is 0 Å². The molecule has 2 nitrogen and oxygen atoms in total. The van der Waals surface area contributed by atoms with E-state index in [0.717, 1.165) is 54.8 Å². The molecule has 10 atom stereocenters. The van der Waals surface area contributed by atoms with E-state index in [1.165, 1.54) is 70.6 Å². The lowest BCUT2D eigenvalue weighted by Gasteiger charge is -2.61. The zero-order valence-electron chi connectivity index (χ0n) is 24.2. The van der Waals surface area contributed by atoms with E-state index in [9.17, 15) is 5.11 Å². The van der Waals surface area contributed by atoms with Gasteiger partial charge in [0.05, 0.1) is 6.10 Å². The largest absolute Gasteiger partial charge is 0.393 e. The van der Waals surface area contributed by atoms with E-state index in [2.05, 4.69) is 47.6 Å². The van der Waals surface area contributed by atoms with E-state index in [1.807, 2.05) is 0 Å². The van der Waals surface area contributed by atoms with Crippen LogP contribution < -0.4 is 5.73 Å². The van der Waals surface area contributed by atoms with E-state index < -0.39 is 0 Å². The van der Waals surface area contributed by atoms with Crippen LogP contribution in [0, 0.1) is 52.3 Å². The second-order valence-corrected chi connectivity index (χ2v) is 14.5. The Morgan fingerprint density at radius 1 is 0.971 bits per heavy atom. The van der Waals surface area contributed by atoms with Gasteiger partial charge in [-0.05, 0) is 104 Å². The fourth-order valence-corrected chi connectivity index (χ4v) is 10.3. The maximum Gasteiger partial charge on any atom is 0.0581 e. The molecule has 3 saturated carbocycles. The van der Waals surface area contributed by atoms with Crippen LogP contribution in [0.15, 0.2) is 11.6 Å². The molecule has 0 aromatic carbocycles. The summed E-state index contributed by atoms with van der Waals surface area (Å²) in [5.41, 5.74) is 9.31. The Hall–Kier alpha value is -0.340. The molecule has 0 bridgehead atoms. The Kier molecular flexibility index (Phi) is 8.85. The van der Waals surface area contributed by atoms with Crippen molar-refractivity contribution in [2.75, 3.05) is 0 Å². The molecule has 0 spiro atoms. The van der Waals surface area contributed by atoms with Gasteiger partial charge in [0.15, 0.2) is 0 Å². The van der Waals surface area contributed by atoms with Crippen LogP contribution in [0.5, 0.6) is 0 Å². The van der Waals surface area contributed by atoms with Gasteiger partial charge in [0, 0.05) is 6.04 Å². The van der Waals surface area contributed by atoms with Crippen molar-refractivity contribution in [2.24, 2.45) is 58.0 Å². The van der Waals surface area contributed by atoms with Gasteiger partial charge in [0.25, 0.3) is 0 Å². The third-order valence-corrected chi connectivity index (χ3v) is 12.1. The zero-order chi connectivity index (χ0) is 25.4. The number of hydrogen-bond donors (Lipinski definition) is 2. The lowest BCUT2D eigenvalue weighted by Crippen LogP contribution is -2.57. The molecule has 2 unspecified atom stereocenters. The summed E-state index contributed by atoms with van der Waals surface area (Å²) >= 11 is 0. The first-order chi connectivity index (χ1) is 16.6. The minimum absolute atomic E-state index is 0.190. The van der Waals surface area contributed by atoms with Crippen LogP contribution in [0.2, 0.25) is 0 Å². The standard InChI is InChI=1S/C33H59NO/c1-7-8-9-13-31(34)30-21-25(35)20-24-14-15-26-28-17-16-27(23(4)12-10-11-22(2)3)32(28,5)19-18-29(26)33(24,30)6/h14,22-23,25-31,35H,7-13,15-21,34H2,1-6H3/t23-,25-,26+,27-,28+,29+,30?,31?,32-,33+/m1/s1. The lowest BCUT2D eigenvalue weighted by molar-refractivity contribution is -0.0842. The summed E-state index contributed by atoms with van der Waals surface area (Å²) in [5, 5.41) is 10.8. The third-order valence-electron chi connectivity index (χ3n) is 12.1. The van der Waals surface area contributed by atoms with Gasteiger partial charge in [-0.3, -0.25) is 0 Å². The molecule has 0 amide bonds. The van der Waals surface area contributed by atoms with Crippen molar-refractivity contribution in [1.29, 1.82) is 0 Å². The van der Waals surface area contributed by atoms with Crippen molar-refractivity contribution in [3.05, 3.63) is 11.6 Å². The Bertz CT molecular complexity index is 729. The van der Waals surface area contributed by atoms with Crippen molar-refractivity contribution < 1.29 is 5.11 Å². The molecule has 0 heterocycles. The first-order valence-electron chi connectivity index (χ1n) is 15.8. The topological polar surface area (TPSA) is 46.2 Å². The van der Waals surface area contributed by atoms with Gasteiger partial charge < -0.3 is 10.8 Å². The monoisotopic (exact) mass is 485 g/mol. The highest BCUT2D eigenvalue weighted by atomic mass is 16.3. The van der Waals surface area contributed by atoms with Gasteiger partial charge in [-0.2, -0.15) is 0 Å². The zero-order valence-corrected chi connectivity index (χ0v) is 24.2. The number of nitrogens with two attached hydrogens (primary N) is 1. The van der Waals surface area contributed by atoms with Crippen molar-refractivity contribution in [3.8, 4) is 0 Å². The van der Waals surface area contributed by atoms with Gasteiger partial charge in [0.2, 0.25) is 0 Å². The Balaban J connectivity index is 1.53. The summed E-state index contributed by atoms with van der Waals surface area (Å²) in [5.74, 6) is 5.55. The highest BCUT2D eigenvalue weighted by molar-refractivity contribution is 5.28. The number of aliphatic hydroxyl groups is 1. The molecule has 0 aromatic heterocycles. The summed E-state index contributed by atoms with van der Waals surface area (Å²) in [6.07, 6.45) is 20.3. The predicted octanol–water partition coefficient (Wildman–Crippen LogP) is 8.52. The number of aliphatic hydroxyl groups excluding tert-OH is 1. The second kappa shape index (κ2) is 11.2. The summed E-state index contributed by atoms with van der Waals surface area (Å²) < 4.78 is 0. The average molecular weight is 486 g/mol. The van der Waals surface area contributed by atoms with Crippen LogP contribution >= 0.6 is 0 Å². The van der Waals surface area contributed by atoms with Gasteiger partial charge >= 0.3 is 0 Å². The molecule has 4 aliphatic rings. The van der Waals surface area contributed by atoms with Crippen LogP contribution in [0.1, 0.15) is 131 Å². The van der Waals surface area contributed by atoms with E-state index in [0.29, 0.717) is 11.3 Å². The van der Waals surface area contributed by atoms with E-state index in [4.69, 9.17) is 5.73 Å². The number of allylic oxidation sites excluding steroid dienone is 1. The van der Waals surface area contributed by atoms with Crippen LogP contribution in [-0.4, -0.2) is 17.3 Å². The number of rotatable bonds is 10. The van der Waals surface area contributed by atoms with Gasteiger partial charge in [-0.25, -0.2) is 0 Å². The first kappa shape index (κ1) is 27.7. The molecule has 0 aliphatic heterocycles. The Morgan fingerprint density at radius 3 is 2.46 bits per heavy atom. The minimum atomic E-state index is -0.190. The predicted molar refractivity (Wildman–Crippen MR) is 150 cm³/mol. The highest BCUT2D eigenvalue weighted by Crippen LogP contribution is 2.68. The van der Waals surface area contributed by atoms with Crippen molar-refractivity contribution in [2.45, 2.75) is 144 Å². The Morgan fingerprint density at radius 2 is 1.74 bits per heavy atom. The van der Waals surface area contributed by atoms with Crippen molar-refractivity contribution in [1.82, 2.24) is 0 Å². The summed E-state index contributed by atoms with van der Waals surface area (Å²) in [7, 11) is 0. The summed E-state index contributed by atoms with van der Waals surface area (Å²) in [4.78, 5) is 0. The molecule has 4 aliphatic carbocycles. The molecule has 3 fully saturated rings. The van der Waals surface area contributed by atoms with Crippen LogP contribution in [0.25, 0.3) is 0 Å². The summed E-state index contributed by atoms with van der Waals surface area (Å²) in [6.45, 7) is 14.9. The van der Waals surface area contributed by atoms with E-state index in [1.54, 1.807) is 5.57 Å². The first-order valence-corrected chi connectivity index (χ1v) is 15.8. The molecule has 3 N–H and O–H groups in total. The molecule has 0 radical (unpaired) electrons. The van der Waals surface area contributed by atoms with Gasteiger partial charge in [-0.1, -0.05) is 91.7 Å². The van der Waals surface area contributed by atoms with Gasteiger partial charge in [0.1, 0.15) is 0 Å². The average Bonchev–Trinajstić information content (AvgIpc) is 3.16. The molecule has 2 heteroatoms. The highest BCUT2D eigenvalue weighted by Gasteiger charge is 2.61. The quantitative estimate of drug-likeness (QED) is 0.240.